The largest absolute Gasteiger partial charge is 0.276 e. The Hall–Kier alpha value is -5.10. The molecule has 0 bridgehead atoms. The van der Waals surface area contributed by atoms with E-state index in [2.05, 4.69) is 132 Å². The molecule has 0 amide bonds. The molecule has 5 heteroatoms. The van der Waals surface area contributed by atoms with Crippen LogP contribution >= 0.6 is 22.7 Å². The topological polar surface area (TPSA) is 30.7 Å². The van der Waals surface area contributed by atoms with Crippen molar-refractivity contribution in [3.63, 3.8) is 0 Å². The van der Waals surface area contributed by atoms with E-state index in [1.54, 1.807) is 11.3 Å². The Bertz CT molecular complexity index is 2730. The second-order valence-corrected chi connectivity index (χ2v) is 13.1. The highest BCUT2D eigenvalue weighted by Crippen LogP contribution is 2.45. The molecule has 4 aromatic heterocycles. The van der Waals surface area contributed by atoms with E-state index in [1.807, 2.05) is 11.3 Å². The quantitative estimate of drug-likeness (QED) is 0.203. The number of para-hydroxylation sites is 1. The molecule has 6 aromatic carbocycles. The first-order chi connectivity index (χ1) is 21.3. The van der Waals surface area contributed by atoms with Gasteiger partial charge in [0.05, 0.1) is 31.6 Å². The van der Waals surface area contributed by atoms with Gasteiger partial charge in [-0.2, -0.15) is 0 Å². The maximum atomic E-state index is 5.47. The molecule has 0 atom stereocenters. The zero-order valence-electron chi connectivity index (χ0n) is 22.8. The van der Waals surface area contributed by atoms with Gasteiger partial charge in [-0.05, 0) is 29.0 Å². The van der Waals surface area contributed by atoms with Crippen molar-refractivity contribution >= 4 is 95.7 Å². The van der Waals surface area contributed by atoms with E-state index in [0.717, 1.165) is 27.0 Å². The van der Waals surface area contributed by atoms with Gasteiger partial charge in [-0.25, -0.2) is 9.97 Å². The molecule has 3 nitrogen and oxygen atoms in total. The number of nitrogens with zero attached hydrogens (tertiary/aromatic N) is 3. The predicted molar refractivity (Wildman–Crippen MR) is 185 cm³/mol. The third-order valence-electron chi connectivity index (χ3n) is 8.62. The van der Waals surface area contributed by atoms with E-state index in [4.69, 9.17) is 9.97 Å². The Morgan fingerprint density at radius 1 is 0.488 bits per heavy atom. The van der Waals surface area contributed by atoms with Crippen molar-refractivity contribution in [1.29, 1.82) is 0 Å². The zero-order chi connectivity index (χ0) is 28.1. The fourth-order valence-corrected chi connectivity index (χ4v) is 9.14. The fraction of sp³-hybridized carbons (Fsp3) is 0. The third-order valence-corrected chi connectivity index (χ3v) is 11.0. The number of hydrogen-bond acceptors (Lipinski definition) is 4. The van der Waals surface area contributed by atoms with Crippen molar-refractivity contribution in [1.82, 2.24) is 14.5 Å². The summed E-state index contributed by atoms with van der Waals surface area (Å²) in [6.45, 7) is 0. The van der Waals surface area contributed by atoms with Gasteiger partial charge < -0.3 is 0 Å². The highest BCUT2D eigenvalue weighted by Gasteiger charge is 2.22. The molecule has 0 spiro atoms. The first-order valence-corrected chi connectivity index (χ1v) is 16.0. The molecular weight excluding hydrogens is 563 g/mol. The number of rotatable bonds is 2. The Morgan fingerprint density at radius 2 is 1.21 bits per heavy atom. The second kappa shape index (κ2) is 8.71. The highest BCUT2D eigenvalue weighted by molar-refractivity contribution is 7.27. The Morgan fingerprint density at radius 3 is 2.12 bits per heavy atom. The van der Waals surface area contributed by atoms with E-state index in [0.29, 0.717) is 5.95 Å². The average molecular weight is 584 g/mol. The van der Waals surface area contributed by atoms with Gasteiger partial charge in [0.1, 0.15) is 0 Å². The van der Waals surface area contributed by atoms with E-state index in [9.17, 15) is 0 Å². The summed E-state index contributed by atoms with van der Waals surface area (Å²) >= 11 is 3.64. The van der Waals surface area contributed by atoms with Gasteiger partial charge in [-0.3, -0.25) is 4.57 Å². The molecule has 0 N–H and O–H groups in total. The van der Waals surface area contributed by atoms with Crippen LogP contribution in [0.15, 0.2) is 127 Å². The molecule has 4 heterocycles. The van der Waals surface area contributed by atoms with Crippen molar-refractivity contribution in [3.8, 4) is 17.2 Å². The number of hydrogen-bond donors (Lipinski definition) is 0. The summed E-state index contributed by atoms with van der Waals surface area (Å²) in [5, 5.41) is 8.64. The summed E-state index contributed by atoms with van der Waals surface area (Å²) in [7, 11) is 0. The maximum absolute atomic E-state index is 5.47. The molecule has 0 saturated carbocycles. The molecule has 200 valence electrons. The van der Waals surface area contributed by atoms with Crippen LogP contribution in [0.2, 0.25) is 0 Å². The number of fused-ring (bicyclic) bond motifs is 12. The van der Waals surface area contributed by atoms with Crippen LogP contribution in [-0.4, -0.2) is 14.5 Å². The van der Waals surface area contributed by atoms with Crippen LogP contribution in [0.1, 0.15) is 0 Å². The van der Waals surface area contributed by atoms with Crippen LogP contribution in [0.5, 0.6) is 0 Å². The number of thiophene rings is 2. The van der Waals surface area contributed by atoms with Crippen molar-refractivity contribution < 1.29 is 0 Å². The van der Waals surface area contributed by atoms with E-state index in [-0.39, 0.29) is 0 Å². The minimum absolute atomic E-state index is 0.704. The number of aromatic nitrogens is 3. The fourth-order valence-electron chi connectivity index (χ4n) is 6.73. The van der Waals surface area contributed by atoms with Crippen LogP contribution in [0, 0.1) is 0 Å². The first-order valence-electron chi connectivity index (χ1n) is 14.3. The minimum Gasteiger partial charge on any atom is -0.276 e. The summed E-state index contributed by atoms with van der Waals surface area (Å²) < 4.78 is 7.21. The van der Waals surface area contributed by atoms with Gasteiger partial charge in [-0.15, -0.1) is 22.7 Å². The summed E-state index contributed by atoms with van der Waals surface area (Å²) in [5.74, 6) is 0.704. The van der Waals surface area contributed by atoms with Gasteiger partial charge in [0.2, 0.25) is 5.95 Å². The summed E-state index contributed by atoms with van der Waals surface area (Å²) in [6.07, 6.45) is 0. The first kappa shape index (κ1) is 23.5. The molecular formula is C38H21N3S2. The Labute approximate surface area is 253 Å². The normalized spacial score (nSPS) is 12.2. The van der Waals surface area contributed by atoms with E-state index < -0.39 is 0 Å². The van der Waals surface area contributed by atoms with E-state index in [1.165, 1.54) is 57.3 Å². The Balaban J connectivity index is 1.43. The molecule has 0 fully saturated rings. The summed E-state index contributed by atoms with van der Waals surface area (Å²) in [4.78, 5) is 10.9. The molecule has 0 saturated heterocycles. The molecule has 10 aromatic rings. The standard InChI is InChI=1S/C38H21N3S2/c1-2-11-23(12-3-1)33-37-34(32-24-13-5-4-10-22(24)18-21-31(32)43-37)40-38(39-33)41-29-16-8-6-14-25(29)27-19-20-28-26-15-7-9-17-30(26)42-36(28)35(27)41/h1-21H. The molecule has 0 aliphatic rings. The van der Waals surface area contributed by atoms with Crippen LogP contribution in [0.4, 0.5) is 0 Å². The highest BCUT2D eigenvalue weighted by atomic mass is 32.1. The predicted octanol–water partition coefficient (Wildman–Crippen LogP) is 11.1. The average Bonchev–Trinajstić information content (AvgIpc) is 3.74. The van der Waals surface area contributed by atoms with Gasteiger partial charge >= 0.3 is 0 Å². The van der Waals surface area contributed by atoms with Crippen molar-refractivity contribution in [2.45, 2.75) is 0 Å². The number of benzene rings is 6. The van der Waals surface area contributed by atoms with E-state index >= 15 is 0 Å². The lowest BCUT2D eigenvalue weighted by atomic mass is 10.1. The van der Waals surface area contributed by atoms with Gasteiger partial charge in [0.15, 0.2) is 0 Å². The van der Waals surface area contributed by atoms with Crippen molar-refractivity contribution in [2.24, 2.45) is 0 Å². The Kier molecular flexibility index (Phi) is 4.75. The van der Waals surface area contributed by atoms with Gasteiger partial charge in [0, 0.05) is 41.9 Å². The van der Waals surface area contributed by atoms with Crippen molar-refractivity contribution in [2.75, 3.05) is 0 Å². The lowest BCUT2D eigenvalue weighted by Gasteiger charge is -2.10. The third kappa shape index (κ3) is 3.23. The monoisotopic (exact) mass is 583 g/mol. The van der Waals surface area contributed by atoms with Crippen LogP contribution in [0.25, 0.3) is 90.3 Å². The maximum Gasteiger partial charge on any atom is 0.235 e. The van der Waals surface area contributed by atoms with Crippen LogP contribution in [0.3, 0.4) is 0 Å². The SMILES string of the molecule is c1ccc(-c2nc(-n3c4ccccc4c4ccc5c6ccccc6sc5c43)nc3c2sc2ccc4ccccc4c23)cc1. The molecule has 10 rings (SSSR count). The minimum atomic E-state index is 0.704. The smallest absolute Gasteiger partial charge is 0.235 e. The molecule has 0 aliphatic heterocycles. The molecule has 0 unspecified atom stereocenters. The molecule has 0 radical (unpaired) electrons. The van der Waals surface area contributed by atoms with Gasteiger partial charge in [0.25, 0.3) is 0 Å². The lowest BCUT2D eigenvalue weighted by Crippen LogP contribution is -2.02. The van der Waals surface area contributed by atoms with Gasteiger partial charge in [-0.1, -0.05) is 109 Å². The molecule has 43 heavy (non-hydrogen) atoms. The second-order valence-electron chi connectivity index (χ2n) is 11.0. The molecule has 0 aliphatic carbocycles. The van der Waals surface area contributed by atoms with Crippen LogP contribution < -0.4 is 0 Å². The summed E-state index contributed by atoms with van der Waals surface area (Å²) in [5.41, 5.74) is 5.36. The van der Waals surface area contributed by atoms with Crippen molar-refractivity contribution in [3.05, 3.63) is 127 Å². The zero-order valence-corrected chi connectivity index (χ0v) is 24.4. The summed E-state index contributed by atoms with van der Waals surface area (Å²) in [6, 6.07) is 45.6. The van der Waals surface area contributed by atoms with Crippen LogP contribution in [-0.2, 0) is 0 Å². The lowest BCUT2D eigenvalue weighted by molar-refractivity contribution is 1.02.